The van der Waals surface area contributed by atoms with E-state index >= 15 is 0 Å². The van der Waals surface area contributed by atoms with Gasteiger partial charge in [-0.2, -0.15) is 0 Å². The van der Waals surface area contributed by atoms with E-state index in [9.17, 15) is 9.59 Å². The van der Waals surface area contributed by atoms with Gasteiger partial charge in [0.15, 0.2) is 0 Å². The van der Waals surface area contributed by atoms with Crippen LogP contribution >= 0.6 is 27.5 Å². The summed E-state index contributed by atoms with van der Waals surface area (Å²) in [5.41, 5.74) is 0.479. The zero-order valence-electron chi connectivity index (χ0n) is 11.4. The molecule has 1 aromatic carbocycles. The van der Waals surface area contributed by atoms with Gasteiger partial charge in [-0.3, -0.25) is 14.5 Å². The number of aliphatic carboxylic acids is 1. The summed E-state index contributed by atoms with van der Waals surface area (Å²) < 4.78 is 5.70. The lowest BCUT2D eigenvalue weighted by molar-refractivity contribution is -0.138. The number of hydrogen-bond donors (Lipinski definition) is 2. The molecule has 0 saturated carbocycles. The molecule has 0 unspecified atom stereocenters. The van der Waals surface area contributed by atoms with Crippen LogP contribution in [0.4, 0.5) is 5.69 Å². The van der Waals surface area contributed by atoms with Crippen molar-refractivity contribution in [2.24, 2.45) is 0 Å². The van der Waals surface area contributed by atoms with E-state index < -0.39 is 5.97 Å². The minimum atomic E-state index is -0.999. The van der Waals surface area contributed by atoms with Crippen LogP contribution < -0.4 is 5.32 Å². The molecule has 0 saturated heterocycles. The first-order chi connectivity index (χ1) is 9.92. The molecule has 116 valence electrons. The average Bonchev–Trinajstić information content (AvgIpc) is 2.38. The first-order valence-electron chi connectivity index (χ1n) is 6.10. The van der Waals surface area contributed by atoms with E-state index in [-0.39, 0.29) is 19.0 Å². The second kappa shape index (κ2) is 8.99. The van der Waals surface area contributed by atoms with Crippen molar-refractivity contribution < 1.29 is 19.4 Å². The first-order valence-corrected chi connectivity index (χ1v) is 7.27. The lowest BCUT2D eigenvalue weighted by Gasteiger charge is -2.19. The monoisotopic (exact) mass is 378 g/mol. The number of carbonyl (C=O) groups excluding carboxylic acids is 1. The molecule has 0 spiro atoms. The van der Waals surface area contributed by atoms with E-state index in [1.807, 2.05) is 0 Å². The van der Waals surface area contributed by atoms with Crippen LogP contribution in [0.2, 0.25) is 5.02 Å². The Balaban J connectivity index is 2.61. The number of nitrogens with one attached hydrogen (secondary N) is 1. The molecular formula is C13H16BrClN2O4. The van der Waals surface area contributed by atoms with Crippen LogP contribution in [-0.2, 0) is 14.3 Å². The zero-order valence-corrected chi connectivity index (χ0v) is 13.8. The quantitative estimate of drug-likeness (QED) is 0.723. The van der Waals surface area contributed by atoms with Crippen molar-refractivity contribution in [3.63, 3.8) is 0 Å². The summed E-state index contributed by atoms with van der Waals surface area (Å²) in [4.78, 5) is 24.2. The molecule has 21 heavy (non-hydrogen) atoms. The normalized spacial score (nSPS) is 10.7. The van der Waals surface area contributed by atoms with E-state index in [1.165, 1.54) is 12.0 Å². The number of amides is 1. The lowest BCUT2D eigenvalue weighted by atomic mass is 10.3. The number of halogens is 2. The second-order valence-corrected chi connectivity index (χ2v) is 5.59. The Morgan fingerprint density at radius 1 is 1.43 bits per heavy atom. The zero-order chi connectivity index (χ0) is 15.8. The molecule has 0 aliphatic carbocycles. The minimum absolute atomic E-state index is 0.0535. The van der Waals surface area contributed by atoms with Gasteiger partial charge in [0.05, 0.1) is 30.4 Å². The van der Waals surface area contributed by atoms with Crippen LogP contribution in [0, 0.1) is 0 Å². The average molecular weight is 380 g/mol. The molecule has 1 aromatic rings. The number of anilines is 1. The van der Waals surface area contributed by atoms with E-state index in [0.717, 1.165) is 4.47 Å². The smallest absolute Gasteiger partial charge is 0.317 e. The predicted octanol–water partition coefficient (Wildman–Crippen LogP) is 2.07. The Morgan fingerprint density at radius 3 is 2.71 bits per heavy atom. The van der Waals surface area contributed by atoms with Gasteiger partial charge in [0.1, 0.15) is 0 Å². The maximum absolute atomic E-state index is 11.9. The standard InChI is InChI=1S/C13H16BrClN2O4/c1-21-5-4-17(8-13(19)20)7-12(18)16-11-3-2-9(14)6-10(11)15/h2-3,6H,4-5,7-8H2,1H3,(H,16,18)(H,19,20). The molecule has 0 heterocycles. The SMILES string of the molecule is COCCN(CC(=O)O)CC(=O)Nc1ccc(Br)cc1Cl. The molecule has 0 aliphatic rings. The van der Waals surface area contributed by atoms with Crippen LogP contribution in [-0.4, -0.2) is 55.2 Å². The van der Waals surface area contributed by atoms with Crippen LogP contribution in [0.1, 0.15) is 0 Å². The molecule has 0 aliphatic heterocycles. The summed E-state index contributed by atoms with van der Waals surface area (Å²) in [5.74, 6) is -1.34. The lowest BCUT2D eigenvalue weighted by Crippen LogP contribution is -2.38. The third kappa shape index (κ3) is 6.90. The van der Waals surface area contributed by atoms with Crippen LogP contribution in [0.15, 0.2) is 22.7 Å². The van der Waals surface area contributed by atoms with Crippen LogP contribution in [0.5, 0.6) is 0 Å². The predicted molar refractivity (Wildman–Crippen MR) is 83.7 cm³/mol. The fourth-order valence-electron chi connectivity index (χ4n) is 1.61. The fourth-order valence-corrected chi connectivity index (χ4v) is 2.33. The van der Waals surface area contributed by atoms with Crippen molar-refractivity contribution in [1.29, 1.82) is 0 Å². The highest BCUT2D eigenvalue weighted by Gasteiger charge is 2.14. The molecule has 0 bridgehead atoms. The van der Waals surface area contributed by atoms with Gasteiger partial charge in [0, 0.05) is 18.1 Å². The Labute approximate surface area is 136 Å². The number of nitrogens with zero attached hydrogens (tertiary/aromatic N) is 1. The maximum atomic E-state index is 11.9. The Kier molecular flexibility index (Phi) is 7.66. The van der Waals surface area contributed by atoms with Crippen LogP contribution in [0.25, 0.3) is 0 Å². The highest BCUT2D eigenvalue weighted by molar-refractivity contribution is 9.10. The Hall–Kier alpha value is -1.15. The first kappa shape index (κ1) is 17.9. The summed E-state index contributed by atoms with van der Waals surface area (Å²) in [6.07, 6.45) is 0. The summed E-state index contributed by atoms with van der Waals surface area (Å²) >= 11 is 9.28. The molecule has 1 rings (SSSR count). The third-order valence-electron chi connectivity index (χ3n) is 2.54. The topological polar surface area (TPSA) is 78.9 Å². The van der Waals surface area contributed by atoms with Crippen LogP contribution in [0.3, 0.4) is 0 Å². The number of carboxylic acid groups (broad SMARTS) is 1. The van der Waals surface area contributed by atoms with Gasteiger partial charge in [0.25, 0.3) is 0 Å². The van der Waals surface area contributed by atoms with Gasteiger partial charge in [-0.15, -0.1) is 0 Å². The van der Waals surface area contributed by atoms with Gasteiger partial charge >= 0.3 is 5.97 Å². The summed E-state index contributed by atoms with van der Waals surface area (Å²) in [5, 5.41) is 11.9. The number of methoxy groups -OCH3 is 1. The highest BCUT2D eigenvalue weighted by Crippen LogP contribution is 2.25. The molecule has 1 amide bonds. The number of benzene rings is 1. The number of carbonyl (C=O) groups is 2. The third-order valence-corrected chi connectivity index (χ3v) is 3.35. The molecule has 0 atom stereocenters. The summed E-state index contributed by atoms with van der Waals surface area (Å²) in [6.45, 7) is 0.413. The number of carboxylic acids is 1. The van der Waals surface area contributed by atoms with E-state index in [4.69, 9.17) is 21.4 Å². The maximum Gasteiger partial charge on any atom is 0.317 e. The van der Waals surface area contributed by atoms with Gasteiger partial charge in [-0.1, -0.05) is 27.5 Å². The van der Waals surface area contributed by atoms with Crippen molar-refractivity contribution in [2.75, 3.05) is 38.7 Å². The molecule has 2 N–H and O–H groups in total. The van der Waals surface area contributed by atoms with Crippen molar-refractivity contribution in [3.05, 3.63) is 27.7 Å². The van der Waals surface area contributed by atoms with E-state index in [1.54, 1.807) is 18.2 Å². The molecular weight excluding hydrogens is 364 g/mol. The number of rotatable bonds is 8. The fraction of sp³-hybridized carbons (Fsp3) is 0.385. The van der Waals surface area contributed by atoms with Gasteiger partial charge in [-0.25, -0.2) is 0 Å². The van der Waals surface area contributed by atoms with Crippen molar-refractivity contribution in [1.82, 2.24) is 4.90 Å². The van der Waals surface area contributed by atoms with E-state index in [0.29, 0.717) is 23.9 Å². The minimum Gasteiger partial charge on any atom is -0.480 e. The van der Waals surface area contributed by atoms with E-state index in [2.05, 4.69) is 21.2 Å². The molecule has 0 fully saturated rings. The molecule has 0 radical (unpaired) electrons. The molecule has 0 aromatic heterocycles. The molecule has 8 heteroatoms. The highest BCUT2D eigenvalue weighted by atomic mass is 79.9. The van der Waals surface area contributed by atoms with Crippen molar-refractivity contribution in [2.45, 2.75) is 0 Å². The van der Waals surface area contributed by atoms with Crippen molar-refractivity contribution >= 4 is 45.1 Å². The summed E-state index contributed by atoms with van der Waals surface area (Å²) in [6, 6.07) is 5.08. The Bertz CT molecular complexity index is 513. The Morgan fingerprint density at radius 2 is 2.14 bits per heavy atom. The summed E-state index contributed by atoms with van der Waals surface area (Å²) in [7, 11) is 1.51. The second-order valence-electron chi connectivity index (χ2n) is 4.27. The largest absolute Gasteiger partial charge is 0.480 e. The number of ether oxygens (including phenoxy) is 1. The van der Waals surface area contributed by atoms with Gasteiger partial charge in [0.2, 0.25) is 5.91 Å². The number of hydrogen-bond acceptors (Lipinski definition) is 4. The van der Waals surface area contributed by atoms with Gasteiger partial charge in [-0.05, 0) is 18.2 Å². The van der Waals surface area contributed by atoms with Crippen molar-refractivity contribution in [3.8, 4) is 0 Å². The van der Waals surface area contributed by atoms with Gasteiger partial charge < -0.3 is 15.2 Å². The molecule has 6 nitrogen and oxygen atoms in total.